The molecule has 1 heterocycles. The molecule has 2 aromatic rings. The molecular formula is C22H29N3O4S. The van der Waals surface area contributed by atoms with Crippen molar-refractivity contribution in [3.63, 3.8) is 0 Å². The summed E-state index contributed by atoms with van der Waals surface area (Å²) < 4.78 is 31.1. The number of hydrogen-bond donors (Lipinski definition) is 2. The molecule has 0 unspecified atom stereocenters. The minimum atomic E-state index is -3.24. The first kappa shape index (κ1) is 22.3. The first-order valence-electron chi connectivity index (χ1n) is 9.98. The smallest absolute Gasteiger partial charge is 0.246 e. The van der Waals surface area contributed by atoms with Gasteiger partial charge in [0.2, 0.25) is 15.9 Å². The van der Waals surface area contributed by atoms with Gasteiger partial charge in [-0.1, -0.05) is 36.4 Å². The molecule has 0 bridgehead atoms. The van der Waals surface area contributed by atoms with Gasteiger partial charge in [-0.2, -0.15) is 0 Å². The van der Waals surface area contributed by atoms with Crippen molar-refractivity contribution in [2.45, 2.75) is 31.8 Å². The second-order valence-electron chi connectivity index (χ2n) is 7.71. The first-order chi connectivity index (χ1) is 14.3. The number of anilines is 1. The third kappa shape index (κ3) is 5.81. The third-order valence-electron chi connectivity index (χ3n) is 5.25. The average Bonchev–Trinajstić information content (AvgIpc) is 2.69. The zero-order chi connectivity index (χ0) is 21.7. The molecule has 0 aliphatic carbocycles. The normalized spacial score (nSPS) is 16.8. The predicted octanol–water partition coefficient (Wildman–Crippen LogP) is 2.70. The van der Waals surface area contributed by atoms with Gasteiger partial charge in [0.25, 0.3) is 0 Å². The van der Waals surface area contributed by atoms with Gasteiger partial charge in [-0.15, -0.1) is 0 Å². The Morgan fingerprint density at radius 2 is 1.80 bits per heavy atom. The predicted molar refractivity (Wildman–Crippen MR) is 118 cm³/mol. The average molecular weight is 432 g/mol. The highest BCUT2D eigenvalue weighted by Gasteiger charge is 2.32. The number of benzene rings is 2. The summed E-state index contributed by atoms with van der Waals surface area (Å²) in [4.78, 5) is 15.5. The van der Waals surface area contributed by atoms with Gasteiger partial charge >= 0.3 is 0 Å². The van der Waals surface area contributed by atoms with Crippen molar-refractivity contribution in [2.75, 3.05) is 31.8 Å². The van der Waals surface area contributed by atoms with E-state index in [0.29, 0.717) is 37.4 Å². The van der Waals surface area contributed by atoms with E-state index in [9.17, 15) is 13.2 Å². The summed E-state index contributed by atoms with van der Waals surface area (Å²) in [6.45, 7) is 3.19. The number of methoxy groups -OCH3 is 1. The van der Waals surface area contributed by atoms with E-state index < -0.39 is 16.1 Å². The van der Waals surface area contributed by atoms with Crippen LogP contribution in [0.3, 0.4) is 0 Å². The summed E-state index contributed by atoms with van der Waals surface area (Å²) in [6, 6.07) is 14.7. The number of ether oxygens (including phenoxy) is 1. The number of rotatable bonds is 7. The van der Waals surface area contributed by atoms with Gasteiger partial charge < -0.3 is 10.1 Å². The summed E-state index contributed by atoms with van der Waals surface area (Å²) in [5.41, 5.74) is 2.56. The van der Waals surface area contributed by atoms with E-state index in [1.165, 1.54) is 6.26 Å². The topological polar surface area (TPSA) is 87.7 Å². The molecule has 0 aromatic heterocycles. The number of carbonyl (C=O) groups is 1. The summed E-state index contributed by atoms with van der Waals surface area (Å²) in [6.07, 6.45) is 2.48. The van der Waals surface area contributed by atoms with Crippen molar-refractivity contribution in [2.24, 2.45) is 0 Å². The van der Waals surface area contributed by atoms with Crippen LogP contribution in [0, 0.1) is 6.92 Å². The Bertz CT molecular complexity index is 971. The summed E-state index contributed by atoms with van der Waals surface area (Å²) >= 11 is 0. The van der Waals surface area contributed by atoms with Crippen molar-refractivity contribution >= 4 is 21.6 Å². The van der Waals surface area contributed by atoms with E-state index in [0.717, 1.165) is 11.1 Å². The minimum absolute atomic E-state index is 0.104. The maximum atomic E-state index is 13.4. The summed E-state index contributed by atoms with van der Waals surface area (Å²) in [7, 11) is -1.67. The van der Waals surface area contributed by atoms with Gasteiger partial charge in [0.1, 0.15) is 11.8 Å². The lowest BCUT2D eigenvalue weighted by Crippen LogP contribution is -2.47. The molecule has 162 valence electrons. The number of carbonyl (C=O) groups excluding carboxylic acids is 1. The van der Waals surface area contributed by atoms with Crippen molar-refractivity contribution in [3.8, 4) is 5.75 Å². The van der Waals surface area contributed by atoms with Crippen LogP contribution in [0.2, 0.25) is 0 Å². The van der Waals surface area contributed by atoms with Crippen molar-refractivity contribution in [1.82, 2.24) is 9.62 Å². The van der Waals surface area contributed by atoms with Gasteiger partial charge in [-0.3, -0.25) is 9.69 Å². The fraction of sp³-hybridized carbons (Fsp3) is 0.409. The molecule has 1 atom stereocenters. The molecule has 0 radical (unpaired) electrons. The molecule has 0 spiro atoms. The molecule has 2 aromatic carbocycles. The Kier molecular flexibility index (Phi) is 7.12. The molecule has 1 aliphatic heterocycles. The molecule has 1 aliphatic rings. The van der Waals surface area contributed by atoms with E-state index in [1.807, 2.05) is 55.5 Å². The van der Waals surface area contributed by atoms with Crippen LogP contribution < -0.4 is 14.8 Å². The second-order valence-corrected chi connectivity index (χ2v) is 9.49. The Morgan fingerprint density at radius 1 is 1.13 bits per heavy atom. The van der Waals surface area contributed by atoms with Crippen LogP contribution in [0.4, 0.5) is 5.69 Å². The Balaban J connectivity index is 1.81. The molecular weight excluding hydrogens is 402 g/mol. The molecule has 0 saturated carbocycles. The van der Waals surface area contributed by atoms with Gasteiger partial charge in [-0.05, 0) is 43.0 Å². The number of sulfonamides is 1. The lowest BCUT2D eigenvalue weighted by atomic mass is 9.99. The second kappa shape index (κ2) is 9.59. The quantitative estimate of drug-likeness (QED) is 0.704. The van der Waals surface area contributed by atoms with Crippen LogP contribution in [0.1, 0.15) is 30.0 Å². The fourth-order valence-corrected chi connectivity index (χ4v) is 4.70. The van der Waals surface area contributed by atoms with Crippen molar-refractivity contribution in [3.05, 3.63) is 59.7 Å². The number of piperidine rings is 1. The summed E-state index contributed by atoms with van der Waals surface area (Å²) in [5.74, 6) is 0.469. The van der Waals surface area contributed by atoms with E-state index in [4.69, 9.17) is 4.74 Å². The number of aryl methyl sites for hydroxylation is 1. The Morgan fingerprint density at radius 3 is 2.40 bits per heavy atom. The van der Waals surface area contributed by atoms with E-state index in [1.54, 1.807) is 7.11 Å². The van der Waals surface area contributed by atoms with Gasteiger partial charge in [0.05, 0.1) is 19.1 Å². The van der Waals surface area contributed by atoms with Crippen molar-refractivity contribution in [1.29, 1.82) is 0 Å². The van der Waals surface area contributed by atoms with Crippen LogP contribution in [0.5, 0.6) is 5.75 Å². The fourth-order valence-electron chi connectivity index (χ4n) is 3.86. The number of amides is 1. The molecule has 7 nitrogen and oxygen atoms in total. The lowest BCUT2D eigenvalue weighted by molar-refractivity contribution is -0.122. The SMILES string of the molecule is COc1ccc(C)cc1NC(=O)[C@H](c1ccccc1)N1CCC(NS(C)(=O)=O)CC1. The standard InChI is InChI=1S/C22H29N3O4S/c1-16-9-10-20(29-2)19(15-16)23-22(26)21(17-7-5-4-6-8-17)25-13-11-18(12-14-25)24-30(3,27)28/h4-10,15,18,21,24H,11-14H2,1-3H3,(H,23,26)/t21-/m0/s1. The monoisotopic (exact) mass is 431 g/mol. The molecule has 2 N–H and O–H groups in total. The Labute approximate surface area is 178 Å². The maximum Gasteiger partial charge on any atom is 0.246 e. The zero-order valence-corrected chi connectivity index (χ0v) is 18.4. The number of hydrogen-bond acceptors (Lipinski definition) is 5. The lowest BCUT2D eigenvalue weighted by Gasteiger charge is -2.37. The number of nitrogens with zero attached hydrogens (tertiary/aromatic N) is 1. The van der Waals surface area contributed by atoms with Gasteiger partial charge in [0, 0.05) is 19.1 Å². The largest absolute Gasteiger partial charge is 0.495 e. The minimum Gasteiger partial charge on any atom is -0.495 e. The molecule has 1 fully saturated rings. The highest BCUT2D eigenvalue weighted by atomic mass is 32.2. The summed E-state index contributed by atoms with van der Waals surface area (Å²) in [5, 5.41) is 3.03. The molecule has 8 heteroatoms. The van der Waals surface area contributed by atoms with E-state index in [-0.39, 0.29) is 11.9 Å². The number of likely N-dealkylation sites (tertiary alicyclic amines) is 1. The molecule has 1 amide bonds. The van der Waals surface area contributed by atoms with Crippen LogP contribution in [-0.2, 0) is 14.8 Å². The maximum absolute atomic E-state index is 13.4. The Hall–Kier alpha value is -2.42. The number of nitrogens with one attached hydrogen (secondary N) is 2. The van der Waals surface area contributed by atoms with E-state index in [2.05, 4.69) is 14.9 Å². The third-order valence-corrected chi connectivity index (χ3v) is 6.01. The molecule has 30 heavy (non-hydrogen) atoms. The van der Waals surface area contributed by atoms with Gasteiger partial charge in [0.15, 0.2) is 0 Å². The van der Waals surface area contributed by atoms with Crippen LogP contribution in [0.15, 0.2) is 48.5 Å². The van der Waals surface area contributed by atoms with Crippen LogP contribution >= 0.6 is 0 Å². The highest BCUT2D eigenvalue weighted by Crippen LogP contribution is 2.30. The van der Waals surface area contributed by atoms with Crippen LogP contribution in [0.25, 0.3) is 0 Å². The van der Waals surface area contributed by atoms with Crippen LogP contribution in [-0.4, -0.2) is 51.7 Å². The van der Waals surface area contributed by atoms with E-state index >= 15 is 0 Å². The molecule has 3 rings (SSSR count). The molecule has 1 saturated heterocycles. The zero-order valence-electron chi connectivity index (χ0n) is 17.6. The highest BCUT2D eigenvalue weighted by molar-refractivity contribution is 7.88. The van der Waals surface area contributed by atoms with Gasteiger partial charge in [-0.25, -0.2) is 13.1 Å². The first-order valence-corrected chi connectivity index (χ1v) is 11.9. The van der Waals surface area contributed by atoms with Crippen molar-refractivity contribution < 1.29 is 17.9 Å².